The fourth-order valence-electron chi connectivity index (χ4n) is 2.38. The van der Waals surface area contributed by atoms with Gasteiger partial charge in [0.25, 0.3) is 0 Å². The summed E-state index contributed by atoms with van der Waals surface area (Å²) in [5.74, 6) is 0. The zero-order chi connectivity index (χ0) is 11.5. The van der Waals surface area contributed by atoms with Crippen molar-refractivity contribution < 1.29 is 0 Å². The normalized spacial score (nSPS) is 22.3. The summed E-state index contributed by atoms with van der Waals surface area (Å²) in [6.45, 7) is 11.2. The van der Waals surface area contributed by atoms with E-state index in [4.69, 9.17) is 0 Å². The third-order valence-corrected chi connectivity index (χ3v) is 3.56. The molecule has 0 spiro atoms. The average molecular weight is 218 g/mol. The van der Waals surface area contributed by atoms with E-state index in [2.05, 4.69) is 49.2 Å². The molecule has 1 aliphatic heterocycles. The maximum Gasteiger partial charge on any atom is 0.0237 e. The van der Waals surface area contributed by atoms with Crippen LogP contribution in [-0.2, 0) is 6.54 Å². The number of hydrogen-bond donors (Lipinski definition) is 1. The van der Waals surface area contributed by atoms with Crippen molar-refractivity contribution in [2.24, 2.45) is 0 Å². The second kappa shape index (κ2) is 4.98. The number of rotatable bonds is 2. The largest absolute Gasteiger partial charge is 0.312 e. The second-order valence-electron chi connectivity index (χ2n) is 4.95. The van der Waals surface area contributed by atoms with Crippen LogP contribution in [-0.4, -0.2) is 30.6 Å². The third-order valence-electron chi connectivity index (χ3n) is 3.56. The Hall–Kier alpha value is -0.860. The van der Waals surface area contributed by atoms with Crippen molar-refractivity contribution in [2.75, 3.05) is 19.6 Å². The topological polar surface area (TPSA) is 15.3 Å². The van der Waals surface area contributed by atoms with Gasteiger partial charge in [-0.1, -0.05) is 18.2 Å². The van der Waals surface area contributed by atoms with Gasteiger partial charge in [0.1, 0.15) is 0 Å². The highest BCUT2D eigenvalue weighted by Crippen LogP contribution is 2.15. The van der Waals surface area contributed by atoms with E-state index in [1.807, 2.05) is 0 Å². The average Bonchev–Trinajstić information content (AvgIpc) is 2.25. The summed E-state index contributed by atoms with van der Waals surface area (Å²) < 4.78 is 0. The zero-order valence-corrected chi connectivity index (χ0v) is 10.6. The minimum Gasteiger partial charge on any atom is -0.312 e. The van der Waals surface area contributed by atoms with Crippen LogP contribution in [0.1, 0.15) is 23.6 Å². The summed E-state index contributed by atoms with van der Waals surface area (Å²) in [6, 6.07) is 7.25. The maximum absolute atomic E-state index is 3.48. The standard InChI is InChI=1S/C14H22N2/c1-11-5-4-6-14(13(11)3)10-16-8-7-15-12(2)9-16/h4-6,12,15H,7-10H2,1-3H3/t12-/m1/s1. The van der Waals surface area contributed by atoms with Crippen LogP contribution in [0.5, 0.6) is 0 Å². The fourth-order valence-corrected chi connectivity index (χ4v) is 2.38. The van der Waals surface area contributed by atoms with Gasteiger partial charge in [-0.3, -0.25) is 4.90 Å². The van der Waals surface area contributed by atoms with Crippen molar-refractivity contribution in [1.82, 2.24) is 10.2 Å². The Balaban J connectivity index is 2.05. The van der Waals surface area contributed by atoms with Crippen LogP contribution in [0.15, 0.2) is 18.2 Å². The lowest BCUT2D eigenvalue weighted by molar-refractivity contribution is 0.199. The van der Waals surface area contributed by atoms with Gasteiger partial charge in [-0.15, -0.1) is 0 Å². The summed E-state index contributed by atoms with van der Waals surface area (Å²) in [5.41, 5.74) is 4.34. The molecule has 1 aromatic rings. The summed E-state index contributed by atoms with van der Waals surface area (Å²) in [4.78, 5) is 2.54. The Morgan fingerprint density at radius 1 is 1.38 bits per heavy atom. The predicted octanol–water partition coefficient (Wildman–Crippen LogP) is 2.10. The van der Waals surface area contributed by atoms with Gasteiger partial charge in [0, 0.05) is 32.2 Å². The van der Waals surface area contributed by atoms with Crippen LogP contribution in [0, 0.1) is 13.8 Å². The zero-order valence-electron chi connectivity index (χ0n) is 10.6. The minimum atomic E-state index is 0.624. The van der Waals surface area contributed by atoms with Gasteiger partial charge in [0.05, 0.1) is 0 Å². The Morgan fingerprint density at radius 3 is 2.94 bits per heavy atom. The molecular formula is C14H22N2. The third kappa shape index (κ3) is 2.63. The monoisotopic (exact) mass is 218 g/mol. The first kappa shape index (κ1) is 11.6. The van der Waals surface area contributed by atoms with Gasteiger partial charge in [0.15, 0.2) is 0 Å². The molecule has 0 bridgehead atoms. The Bertz CT molecular complexity index is 360. The van der Waals surface area contributed by atoms with Crippen molar-refractivity contribution in [2.45, 2.75) is 33.4 Å². The molecule has 2 heteroatoms. The number of nitrogens with one attached hydrogen (secondary N) is 1. The first-order valence-corrected chi connectivity index (χ1v) is 6.17. The van der Waals surface area contributed by atoms with Gasteiger partial charge in [0.2, 0.25) is 0 Å². The minimum absolute atomic E-state index is 0.624. The number of hydrogen-bond acceptors (Lipinski definition) is 2. The highest BCUT2D eigenvalue weighted by atomic mass is 15.2. The van der Waals surface area contributed by atoms with E-state index in [9.17, 15) is 0 Å². The number of piperazine rings is 1. The van der Waals surface area contributed by atoms with Crippen molar-refractivity contribution in [3.8, 4) is 0 Å². The highest BCUT2D eigenvalue weighted by Gasteiger charge is 2.16. The van der Waals surface area contributed by atoms with Crippen LogP contribution in [0.3, 0.4) is 0 Å². The van der Waals surface area contributed by atoms with E-state index in [1.165, 1.54) is 16.7 Å². The van der Waals surface area contributed by atoms with E-state index in [-0.39, 0.29) is 0 Å². The van der Waals surface area contributed by atoms with Gasteiger partial charge in [-0.2, -0.15) is 0 Å². The Kier molecular flexibility index (Phi) is 3.62. The van der Waals surface area contributed by atoms with Gasteiger partial charge in [-0.25, -0.2) is 0 Å². The van der Waals surface area contributed by atoms with E-state index in [0.717, 1.165) is 26.2 Å². The number of benzene rings is 1. The summed E-state index contributed by atoms with van der Waals surface area (Å²) >= 11 is 0. The molecule has 1 aliphatic rings. The van der Waals surface area contributed by atoms with Crippen LogP contribution in [0.25, 0.3) is 0 Å². The molecular weight excluding hydrogens is 196 g/mol. The highest BCUT2D eigenvalue weighted by molar-refractivity contribution is 5.33. The van der Waals surface area contributed by atoms with Crippen LogP contribution >= 0.6 is 0 Å². The Morgan fingerprint density at radius 2 is 2.19 bits per heavy atom. The fraction of sp³-hybridized carbons (Fsp3) is 0.571. The summed E-state index contributed by atoms with van der Waals surface area (Å²) in [5, 5.41) is 3.48. The molecule has 1 aromatic carbocycles. The van der Waals surface area contributed by atoms with E-state index in [1.54, 1.807) is 0 Å². The van der Waals surface area contributed by atoms with Crippen molar-refractivity contribution >= 4 is 0 Å². The van der Waals surface area contributed by atoms with Crippen molar-refractivity contribution in [3.63, 3.8) is 0 Å². The lowest BCUT2D eigenvalue weighted by Crippen LogP contribution is -2.48. The number of aryl methyl sites for hydroxylation is 1. The molecule has 2 rings (SSSR count). The molecule has 1 atom stereocenters. The molecule has 0 aromatic heterocycles. The quantitative estimate of drug-likeness (QED) is 0.818. The van der Waals surface area contributed by atoms with E-state index >= 15 is 0 Å². The first-order valence-electron chi connectivity index (χ1n) is 6.17. The van der Waals surface area contributed by atoms with Crippen molar-refractivity contribution in [3.05, 3.63) is 34.9 Å². The van der Waals surface area contributed by atoms with Gasteiger partial charge < -0.3 is 5.32 Å². The van der Waals surface area contributed by atoms with Gasteiger partial charge in [-0.05, 0) is 37.5 Å². The Labute approximate surface area is 98.7 Å². The smallest absolute Gasteiger partial charge is 0.0237 e. The lowest BCUT2D eigenvalue weighted by Gasteiger charge is -2.32. The summed E-state index contributed by atoms with van der Waals surface area (Å²) in [7, 11) is 0. The molecule has 88 valence electrons. The second-order valence-corrected chi connectivity index (χ2v) is 4.95. The van der Waals surface area contributed by atoms with Gasteiger partial charge >= 0.3 is 0 Å². The van der Waals surface area contributed by atoms with Crippen molar-refractivity contribution in [1.29, 1.82) is 0 Å². The predicted molar refractivity (Wildman–Crippen MR) is 68.7 cm³/mol. The van der Waals surface area contributed by atoms with Crippen LogP contribution in [0.4, 0.5) is 0 Å². The first-order chi connectivity index (χ1) is 7.66. The van der Waals surface area contributed by atoms with E-state index < -0.39 is 0 Å². The molecule has 0 radical (unpaired) electrons. The molecule has 0 amide bonds. The molecule has 1 heterocycles. The lowest BCUT2D eigenvalue weighted by atomic mass is 10.0. The maximum atomic E-state index is 3.48. The molecule has 1 fully saturated rings. The molecule has 1 N–H and O–H groups in total. The van der Waals surface area contributed by atoms with E-state index in [0.29, 0.717) is 6.04 Å². The SMILES string of the molecule is Cc1cccc(CN2CCN[C@H](C)C2)c1C. The molecule has 16 heavy (non-hydrogen) atoms. The molecule has 0 saturated carbocycles. The molecule has 1 saturated heterocycles. The molecule has 2 nitrogen and oxygen atoms in total. The van der Waals surface area contributed by atoms with Crippen LogP contribution in [0.2, 0.25) is 0 Å². The number of nitrogens with zero attached hydrogens (tertiary/aromatic N) is 1. The van der Waals surface area contributed by atoms with Crippen LogP contribution < -0.4 is 5.32 Å². The molecule has 0 unspecified atom stereocenters. The molecule has 0 aliphatic carbocycles. The summed E-state index contributed by atoms with van der Waals surface area (Å²) in [6.07, 6.45) is 0.